The maximum Gasteiger partial charge on any atom is 0.142 e. The highest BCUT2D eigenvalue weighted by Gasteiger charge is 2.06. The van der Waals surface area contributed by atoms with E-state index < -0.39 is 0 Å². The second-order valence-corrected chi connectivity index (χ2v) is 6.05. The molecule has 24 heavy (non-hydrogen) atoms. The predicted octanol–water partition coefficient (Wildman–Crippen LogP) is 4.81. The van der Waals surface area contributed by atoms with Crippen molar-refractivity contribution in [1.29, 1.82) is 0 Å². The molecule has 3 aromatic rings. The molecule has 0 saturated heterocycles. The van der Waals surface area contributed by atoms with Crippen molar-refractivity contribution >= 4 is 28.9 Å². The highest BCUT2D eigenvalue weighted by Crippen LogP contribution is 2.13. The molecule has 122 valence electrons. The van der Waals surface area contributed by atoms with Crippen molar-refractivity contribution in [3.63, 3.8) is 0 Å². The van der Waals surface area contributed by atoms with Gasteiger partial charge in [0.2, 0.25) is 0 Å². The number of oxime groups is 1. The monoisotopic (exact) mass is 359 g/mol. The molecular formula is C18H15Cl2N3O. The van der Waals surface area contributed by atoms with Crippen LogP contribution in [0.4, 0.5) is 0 Å². The van der Waals surface area contributed by atoms with Gasteiger partial charge in [0.05, 0.1) is 12.9 Å². The minimum Gasteiger partial charge on any atom is -0.391 e. The van der Waals surface area contributed by atoms with Gasteiger partial charge in [-0.3, -0.25) is 0 Å². The summed E-state index contributed by atoms with van der Waals surface area (Å²) in [6.07, 6.45) is 5.35. The minimum atomic E-state index is 0.373. The third-order valence-electron chi connectivity index (χ3n) is 3.39. The number of hydrogen-bond donors (Lipinski definition) is 0. The average molecular weight is 360 g/mol. The van der Waals surface area contributed by atoms with Crippen LogP contribution in [0.3, 0.4) is 0 Å². The van der Waals surface area contributed by atoms with Crippen molar-refractivity contribution in [3.05, 3.63) is 88.4 Å². The van der Waals surface area contributed by atoms with Crippen LogP contribution < -0.4 is 0 Å². The van der Waals surface area contributed by atoms with E-state index in [2.05, 4.69) is 10.1 Å². The summed E-state index contributed by atoms with van der Waals surface area (Å²) in [5, 5.41) is 5.69. The first-order chi connectivity index (χ1) is 11.7. The SMILES string of the molecule is Clc1ccc(CO/N=C(/Cn2ccnc2)c2ccc(Cl)cc2)cc1. The standard InChI is InChI=1S/C18H15Cl2N3O/c19-16-5-1-14(2-6-16)12-24-22-18(11-23-10-9-21-13-23)15-3-7-17(20)8-4-15/h1-10,13H,11-12H2/b22-18-. The van der Waals surface area contributed by atoms with Gasteiger partial charge in [0.1, 0.15) is 12.3 Å². The normalized spacial score (nSPS) is 11.5. The van der Waals surface area contributed by atoms with Crippen LogP contribution in [0.25, 0.3) is 0 Å². The zero-order valence-corrected chi connectivity index (χ0v) is 14.3. The summed E-state index contributed by atoms with van der Waals surface area (Å²) < 4.78 is 1.93. The molecule has 0 N–H and O–H groups in total. The molecule has 0 radical (unpaired) electrons. The van der Waals surface area contributed by atoms with Gasteiger partial charge >= 0.3 is 0 Å². The van der Waals surface area contributed by atoms with Gasteiger partial charge in [-0.1, -0.05) is 52.6 Å². The molecule has 0 aliphatic heterocycles. The molecule has 0 saturated carbocycles. The highest BCUT2D eigenvalue weighted by molar-refractivity contribution is 6.30. The molecule has 2 aromatic carbocycles. The van der Waals surface area contributed by atoms with Crippen LogP contribution in [-0.4, -0.2) is 15.3 Å². The lowest BCUT2D eigenvalue weighted by Gasteiger charge is -2.08. The lowest BCUT2D eigenvalue weighted by Crippen LogP contribution is -2.11. The second-order valence-electron chi connectivity index (χ2n) is 5.18. The number of benzene rings is 2. The fraction of sp³-hybridized carbons (Fsp3) is 0.111. The summed E-state index contributed by atoms with van der Waals surface area (Å²) >= 11 is 11.8. The quantitative estimate of drug-likeness (QED) is 0.467. The first kappa shape index (κ1) is 16.6. The molecular weight excluding hydrogens is 345 g/mol. The zero-order chi connectivity index (χ0) is 16.8. The van der Waals surface area contributed by atoms with E-state index in [0.717, 1.165) is 16.8 Å². The first-order valence-electron chi connectivity index (χ1n) is 7.36. The van der Waals surface area contributed by atoms with E-state index >= 15 is 0 Å². The van der Waals surface area contributed by atoms with Crippen LogP contribution >= 0.6 is 23.2 Å². The number of imidazole rings is 1. The smallest absolute Gasteiger partial charge is 0.142 e. The van der Waals surface area contributed by atoms with Crippen molar-refractivity contribution in [2.24, 2.45) is 5.16 Å². The van der Waals surface area contributed by atoms with Gasteiger partial charge in [-0.25, -0.2) is 4.98 Å². The number of nitrogens with zero attached hydrogens (tertiary/aromatic N) is 3. The van der Waals surface area contributed by atoms with E-state index in [9.17, 15) is 0 Å². The Morgan fingerprint density at radius 1 is 1.00 bits per heavy atom. The topological polar surface area (TPSA) is 39.4 Å². The maximum atomic E-state index is 5.96. The van der Waals surface area contributed by atoms with E-state index in [4.69, 9.17) is 28.0 Å². The number of hydrogen-bond acceptors (Lipinski definition) is 3. The zero-order valence-electron chi connectivity index (χ0n) is 12.8. The summed E-state index contributed by atoms with van der Waals surface area (Å²) in [6, 6.07) is 15.0. The van der Waals surface area contributed by atoms with E-state index in [1.54, 1.807) is 12.5 Å². The molecule has 0 fully saturated rings. The molecule has 0 atom stereocenters. The van der Waals surface area contributed by atoms with Gasteiger partial charge in [-0.15, -0.1) is 0 Å². The van der Waals surface area contributed by atoms with Crippen molar-refractivity contribution in [3.8, 4) is 0 Å². The molecule has 0 spiro atoms. The van der Waals surface area contributed by atoms with E-state index in [0.29, 0.717) is 23.2 Å². The lowest BCUT2D eigenvalue weighted by atomic mass is 10.1. The summed E-state index contributed by atoms with van der Waals surface area (Å²) in [5.41, 5.74) is 2.74. The van der Waals surface area contributed by atoms with Crippen molar-refractivity contribution in [2.45, 2.75) is 13.2 Å². The Labute approximate surface area is 150 Å². The van der Waals surface area contributed by atoms with Crippen LogP contribution in [0.1, 0.15) is 11.1 Å². The minimum absolute atomic E-state index is 0.373. The highest BCUT2D eigenvalue weighted by atomic mass is 35.5. The van der Waals surface area contributed by atoms with Gasteiger partial charge in [0, 0.05) is 28.0 Å². The Kier molecular flexibility index (Phi) is 5.51. The molecule has 0 aliphatic carbocycles. The maximum absolute atomic E-state index is 5.96. The third-order valence-corrected chi connectivity index (χ3v) is 3.89. The number of halogens is 2. The summed E-state index contributed by atoms with van der Waals surface area (Å²) in [4.78, 5) is 9.59. The Morgan fingerprint density at radius 3 is 2.29 bits per heavy atom. The summed E-state index contributed by atoms with van der Waals surface area (Å²) in [5.74, 6) is 0. The van der Waals surface area contributed by atoms with Crippen LogP contribution in [0.15, 0.2) is 72.4 Å². The number of aromatic nitrogens is 2. The fourth-order valence-corrected chi connectivity index (χ4v) is 2.39. The summed E-state index contributed by atoms with van der Waals surface area (Å²) in [6.45, 7) is 0.931. The van der Waals surface area contributed by atoms with E-state index in [1.165, 1.54) is 0 Å². The molecule has 3 rings (SSSR count). The Hall–Kier alpha value is -2.30. The van der Waals surface area contributed by atoms with Crippen LogP contribution in [-0.2, 0) is 18.0 Å². The van der Waals surface area contributed by atoms with Gasteiger partial charge < -0.3 is 9.40 Å². The fourth-order valence-electron chi connectivity index (χ4n) is 2.13. The second kappa shape index (κ2) is 7.99. The van der Waals surface area contributed by atoms with Gasteiger partial charge in [0.25, 0.3) is 0 Å². The molecule has 4 nitrogen and oxygen atoms in total. The van der Waals surface area contributed by atoms with Crippen molar-refractivity contribution in [2.75, 3.05) is 0 Å². The Morgan fingerprint density at radius 2 is 1.67 bits per heavy atom. The molecule has 1 aromatic heterocycles. The molecule has 1 heterocycles. The van der Waals surface area contributed by atoms with Gasteiger partial charge in [-0.2, -0.15) is 0 Å². The predicted molar refractivity (Wildman–Crippen MR) is 96.5 cm³/mol. The van der Waals surface area contributed by atoms with Gasteiger partial charge in [0.15, 0.2) is 0 Å². The van der Waals surface area contributed by atoms with Gasteiger partial charge in [-0.05, 0) is 29.8 Å². The van der Waals surface area contributed by atoms with Crippen molar-refractivity contribution in [1.82, 2.24) is 9.55 Å². The molecule has 0 unspecified atom stereocenters. The first-order valence-corrected chi connectivity index (χ1v) is 8.11. The van der Waals surface area contributed by atoms with Crippen LogP contribution in [0.2, 0.25) is 10.0 Å². The largest absolute Gasteiger partial charge is 0.391 e. The third kappa shape index (κ3) is 4.60. The Balaban J connectivity index is 1.75. The lowest BCUT2D eigenvalue weighted by molar-refractivity contribution is 0.130. The Bertz CT molecular complexity index is 797. The molecule has 0 amide bonds. The van der Waals surface area contributed by atoms with Crippen LogP contribution in [0.5, 0.6) is 0 Å². The number of rotatable bonds is 6. The van der Waals surface area contributed by atoms with Crippen molar-refractivity contribution < 1.29 is 4.84 Å². The summed E-state index contributed by atoms with van der Waals surface area (Å²) in [7, 11) is 0. The van der Waals surface area contributed by atoms with E-state index in [-0.39, 0.29) is 0 Å². The van der Waals surface area contributed by atoms with E-state index in [1.807, 2.05) is 59.3 Å². The molecule has 0 aliphatic rings. The molecule has 0 bridgehead atoms. The van der Waals surface area contributed by atoms with Crippen LogP contribution in [0, 0.1) is 0 Å². The average Bonchev–Trinajstić information content (AvgIpc) is 3.10. The molecule has 6 heteroatoms.